The molecule has 0 radical (unpaired) electrons. The van der Waals surface area contributed by atoms with Crippen LogP contribution in [0.2, 0.25) is 0 Å². The standard InChI is InChI=1S/C80H53N5O2/c1-6-23-52(24-7-1)56-42-43-62-72(47-56)86-80-74(62)66(78(55-28-10-3-11-29-55)82-57-31-12-4-13-32-57)48-64-71(85(58-33-14-5-15-34-58)68-40-18-30-54-27-16-17-35-60(54)68)49-65-70(84-46-21-38-61-59(36-19-39-67(61)84)53-25-8-2-9-26-53)50-73-75(76(65)77(64)80)63-37-20-41-69(79(63)87-73)83-45-22-44-81-51-83/h1-44,47-51H,45-46H2. The Balaban J connectivity index is 1.10. The van der Waals surface area contributed by atoms with Crippen LogP contribution in [0.15, 0.2) is 304 Å². The highest BCUT2D eigenvalue weighted by Crippen LogP contribution is 2.55. The van der Waals surface area contributed by atoms with Gasteiger partial charge in [-0.3, -0.25) is 0 Å². The van der Waals surface area contributed by atoms with Gasteiger partial charge in [-0.15, -0.1) is 0 Å². The number of anilines is 6. The number of para-hydroxylation sites is 3. The molecule has 0 amide bonds. The molecule has 0 fully saturated rings. The number of rotatable bonds is 10. The number of hydrogen-bond donors (Lipinski definition) is 0. The molecular weight excluding hydrogens is 1060 g/mol. The molecule has 15 aromatic rings. The number of aliphatic imine (C=N–C) groups is 2. The van der Waals surface area contributed by atoms with Gasteiger partial charge >= 0.3 is 0 Å². The second-order valence-electron chi connectivity index (χ2n) is 22.3. The van der Waals surface area contributed by atoms with Crippen molar-refractivity contribution in [1.29, 1.82) is 0 Å². The molecule has 4 heterocycles. The second kappa shape index (κ2) is 20.7. The quantitative estimate of drug-likeness (QED) is 0.101. The fraction of sp³-hybridized carbons (Fsp3) is 0.0250. The minimum atomic E-state index is 0.616. The van der Waals surface area contributed by atoms with Crippen LogP contribution in [0.4, 0.5) is 39.8 Å². The number of benzene rings is 13. The van der Waals surface area contributed by atoms with Crippen LogP contribution >= 0.6 is 0 Å². The topological polar surface area (TPSA) is 60.7 Å². The van der Waals surface area contributed by atoms with Crippen molar-refractivity contribution in [3.05, 3.63) is 302 Å². The smallest absolute Gasteiger partial charge is 0.159 e. The monoisotopic (exact) mass is 1120 g/mol. The zero-order valence-electron chi connectivity index (χ0n) is 47.3. The van der Waals surface area contributed by atoms with Gasteiger partial charge in [0.1, 0.15) is 16.7 Å². The van der Waals surface area contributed by atoms with Gasteiger partial charge in [0.2, 0.25) is 0 Å². The number of hydrogen-bond acceptors (Lipinski definition) is 7. The first-order valence-corrected chi connectivity index (χ1v) is 29.6. The van der Waals surface area contributed by atoms with Crippen molar-refractivity contribution >= 4 is 134 Å². The number of nitrogens with zero attached hydrogens (tertiary/aromatic N) is 5. The Morgan fingerprint density at radius 3 is 1.93 bits per heavy atom. The number of furan rings is 2. The lowest BCUT2D eigenvalue weighted by Gasteiger charge is -2.32. The molecule has 17 rings (SSSR count). The van der Waals surface area contributed by atoms with Gasteiger partial charge in [0.15, 0.2) is 5.58 Å². The first-order valence-electron chi connectivity index (χ1n) is 29.6. The van der Waals surface area contributed by atoms with Crippen LogP contribution in [0.5, 0.6) is 0 Å². The first kappa shape index (κ1) is 50.0. The molecule has 87 heavy (non-hydrogen) atoms. The fourth-order valence-corrected chi connectivity index (χ4v) is 13.5. The maximum absolute atomic E-state index is 7.83. The van der Waals surface area contributed by atoms with Crippen LogP contribution in [0.3, 0.4) is 0 Å². The van der Waals surface area contributed by atoms with Gasteiger partial charge < -0.3 is 23.5 Å². The SMILES string of the molecule is C1=CN=CN(c2cccc3c2oc2cc(N4CC=Cc5c(-c6ccccc6)cccc54)c4cc(N(c5ccccc5)c5cccc6ccccc56)c5cc(C(=Nc6ccccc6)c6ccccc6)c6c7ccc(-c8ccccc8)cc7oc6c5c4c23)C1. The summed E-state index contributed by atoms with van der Waals surface area (Å²) in [4.78, 5) is 17.4. The van der Waals surface area contributed by atoms with Crippen LogP contribution in [0.25, 0.3) is 105 Å². The summed E-state index contributed by atoms with van der Waals surface area (Å²) in [6.45, 7) is 1.27. The largest absolute Gasteiger partial charge is 0.455 e. The third-order valence-electron chi connectivity index (χ3n) is 17.3. The third-order valence-corrected chi connectivity index (χ3v) is 17.3. The molecule has 7 nitrogen and oxygen atoms in total. The summed E-state index contributed by atoms with van der Waals surface area (Å²) < 4.78 is 15.3. The first-order chi connectivity index (χ1) is 43.2. The van der Waals surface area contributed by atoms with Crippen molar-refractivity contribution < 1.29 is 8.83 Å². The van der Waals surface area contributed by atoms with Crippen molar-refractivity contribution in [3.63, 3.8) is 0 Å². The van der Waals surface area contributed by atoms with Crippen LogP contribution in [-0.4, -0.2) is 25.1 Å². The lowest BCUT2D eigenvalue weighted by atomic mass is 9.88. The van der Waals surface area contributed by atoms with E-state index in [-0.39, 0.29) is 0 Å². The maximum atomic E-state index is 7.83. The Bertz CT molecular complexity index is 5330. The Kier molecular flexibility index (Phi) is 11.9. The lowest BCUT2D eigenvalue weighted by Crippen LogP contribution is -2.22. The molecule has 0 N–H and O–H groups in total. The zero-order chi connectivity index (χ0) is 57.4. The van der Waals surface area contributed by atoms with E-state index in [0.29, 0.717) is 13.1 Å². The highest BCUT2D eigenvalue weighted by molar-refractivity contribution is 6.39. The minimum absolute atomic E-state index is 0.616. The molecule has 0 saturated carbocycles. The number of fused-ring (bicyclic) bond motifs is 13. The molecule has 0 aliphatic carbocycles. The maximum Gasteiger partial charge on any atom is 0.159 e. The predicted molar refractivity (Wildman–Crippen MR) is 365 cm³/mol. The molecule has 2 aliphatic heterocycles. The predicted octanol–water partition coefficient (Wildman–Crippen LogP) is 21.4. The minimum Gasteiger partial charge on any atom is -0.455 e. The lowest BCUT2D eigenvalue weighted by molar-refractivity contribution is 0.669. The Morgan fingerprint density at radius 1 is 0.437 bits per heavy atom. The van der Waals surface area contributed by atoms with Crippen LogP contribution in [0, 0.1) is 0 Å². The van der Waals surface area contributed by atoms with E-state index < -0.39 is 0 Å². The average molecular weight is 1120 g/mol. The molecule has 0 spiro atoms. The molecule has 0 bridgehead atoms. The third kappa shape index (κ3) is 8.34. The van der Waals surface area contributed by atoms with Gasteiger partial charge in [0.05, 0.1) is 40.5 Å². The summed E-state index contributed by atoms with van der Waals surface area (Å²) in [5.41, 5.74) is 18.4. The summed E-state index contributed by atoms with van der Waals surface area (Å²) >= 11 is 0. The molecule has 7 heteroatoms. The molecule has 0 atom stereocenters. The van der Waals surface area contributed by atoms with Gasteiger partial charge in [-0.25, -0.2) is 9.98 Å². The highest BCUT2D eigenvalue weighted by atomic mass is 16.3. The van der Waals surface area contributed by atoms with E-state index in [1.54, 1.807) is 0 Å². The van der Waals surface area contributed by atoms with Crippen molar-refractivity contribution in [2.24, 2.45) is 9.98 Å². The summed E-state index contributed by atoms with van der Waals surface area (Å²) in [7, 11) is 0. The van der Waals surface area contributed by atoms with E-state index in [9.17, 15) is 0 Å². The van der Waals surface area contributed by atoms with Gasteiger partial charge in [-0.1, -0.05) is 206 Å². The molecule has 0 saturated heterocycles. The Labute approximate surface area is 502 Å². The van der Waals surface area contributed by atoms with Gasteiger partial charge in [-0.2, -0.15) is 0 Å². The molecule has 0 unspecified atom stereocenters. The highest BCUT2D eigenvalue weighted by Gasteiger charge is 2.31. The fourth-order valence-electron chi connectivity index (χ4n) is 13.5. The summed E-state index contributed by atoms with van der Waals surface area (Å²) in [6, 6.07) is 95.4. The summed E-state index contributed by atoms with van der Waals surface area (Å²) in [6.07, 6.45) is 10.4. The molecule has 13 aromatic carbocycles. The van der Waals surface area contributed by atoms with Gasteiger partial charge in [-0.05, 0) is 100 Å². The van der Waals surface area contributed by atoms with Crippen molar-refractivity contribution in [1.82, 2.24) is 0 Å². The molecular formula is C80H53N5O2. The van der Waals surface area contributed by atoms with Crippen molar-refractivity contribution in [3.8, 4) is 22.3 Å². The van der Waals surface area contributed by atoms with Crippen molar-refractivity contribution in [2.45, 2.75) is 0 Å². The molecule has 2 aromatic heterocycles. The van der Waals surface area contributed by atoms with Crippen molar-refractivity contribution in [2.75, 3.05) is 27.8 Å². The van der Waals surface area contributed by atoms with Crippen LogP contribution in [-0.2, 0) is 0 Å². The van der Waals surface area contributed by atoms with Crippen LogP contribution in [0.1, 0.15) is 16.7 Å². The van der Waals surface area contributed by atoms with Gasteiger partial charge in [0.25, 0.3) is 0 Å². The molecule has 2 aliphatic rings. The zero-order valence-corrected chi connectivity index (χ0v) is 47.3. The summed E-state index contributed by atoms with van der Waals surface area (Å²) in [5, 5.41) is 10.2. The second-order valence-corrected chi connectivity index (χ2v) is 22.3. The summed E-state index contributed by atoms with van der Waals surface area (Å²) in [5.74, 6) is 0. The Morgan fingerprint density at radius 2 is 1.13 bits per heavy atom. The van der Waals surface area contributed by atoms with Crippen LogP contribution < -0.4 is 14.7 Å². The van der Waals surface area contributed by atoms with Gasteiger partial charge in [0, 0.05) is 102 Å². The Hall–Kier alpha value is -11.5. The van der Waals surface area contributed by atoms with E-state index in [4.69, 9.17) is 13.8 Å². The van der Waals surface area contributed by atoms with E-state index in [1.807, 2.05) is 18.6 Å². The van der Waals surface area contributed by atoms with E-state index in [1.165, 1.54) is 5.56 Å². The van der Waals surface area contributed by atoms with E-state index >= 15 is 0 Å². The average Bonchev–Trinajstić information content (AvgIpc) is 1.74. The van der Waals surface area contributed by atoms with E-state index in [2.05, 4.69) is 299 Å². The van der Waals surface area contributed by atoms with E-state index in [0.717, 1.165) is 155 Å². The molecule has 410 valence electrons. The normalized spacial score (nSPS) is 13.3.